The van der Waals surface area contributed by atoms with E-state index in [0.717, 1.165) is 11.3 Å². The van der Waals surface area contributed by atoms with Crippen LogP contribution in [0.3, 0.4) is 0 Å². The van der Waals surface area contributed by atoms with Gasteiger partial charge in [0.15, 0.2) is 17.7 Å². The average molecular weight is 829 g/mol. The second-order valence-electron chi connectivity index (χ2n) is 17.5. The number of carbonyl (C=O) groups is 3. The Hall–Kier alpha value is -3.71. The SMILES string of the molecule is CC[C@H]1OC(=O)[C@H](C)C(=O)[C@H](C)[C@@H](O[C@@H]2O[C@H](CN)CC(N)C2O)[C@](C)(OC)C[C@@H](C)CN(C)[C@H](C)[C@H]2N(CCCCn3cc(-c4cccc(N)c4)nn3)C(=O)O[C@]12C. The molecule has 3 fully saturated rings. The highest BCUT2D eigenvalue weighted by Gasteiger charge is 2.59. The summed E-state index contributed by atoms with van der Waals surface area (Å²) >= 11 is 0. The number of rotatable bonds is 11. The number of aromatic nitrogens is 3. The van der Waals surface area contributed by atoms with Crippen LogP contribution in [0.2, 0.25) is 0 Å². The molecule has 2 unspecified atom stereocenters. The van der Waals surface area contributed by atoms with Gasteiger partial charge in [-0.15, -0.1) is 5.10 Å². The minimum absolute atomic E-state index is 0.0305. The van der Waals surface area contributed by atoms with Crippen molar-refractivity contribution < 1.29 is 43.2 Å². The molecular formula is C42H68N8O9. The van der Waals surface area contributed by atoms with Crippen LogP contribution in [0.15, 0.2) is 30.5 Å². The molecule has 0 spiro atoms. The number of hydrogen-bond donors (Lipinski definition) is 4. The standard InChI is InChI=1S/C42H68N8O9/c1-10-33-42(7)36(50(40(54)59-42)17-12-11-16-49-23-32(46-47-49)28-14-13-15-29(44)18-28)27(5)48(8)22-24(2)20-41(6,55-9)37(25(3)34(51)26(4)38(53)57-33)58-39-35(52)31(45)19-30(21-43)56-39/h13-15,18,23-27,30-31,33,35-37,39,52H,10-12,16-17,19-22,43-45H2,1-9H3/t24-,25+,26-,27-,30+,31?,33-,35?,36-,37-,39+,41-,42-/m1/s1. The predicted molar refractivity (Wildman–Crippen MR) is 220 cm³/mol. The number of Topliss-reactive ketones (excluding diaryl/α,β-unsaturated/α-hetero) is 1. The van der Waals surface area contributed by atoms with E-state index in [-0.39, 0.29) is 18.5 Å². The smallest absolute Gasteiger partial charge is 0.410 e. The van der Waals surface area contributed by atoms with Gasteiger partial charge in [0.1, 0.15) is 23.8 Å². The van der Waals surface area contributed by atoms with Crippen molar-refractivity contribution in [1.29, 1.82) is 0 Å². The van der Waals surface area contributed by atoms with Crippen LogP contribution >= 0.6 is 0 Å². The third-order valence-corrected chi connectivity index (χ3v) is 12.9. The predicted octanol–water partition coefficient (Wildman–Crippen LogP) is 2.96. The number of nitrogen functional groups attached to an aromatic ring is 1. The van der Waals surface area contributed by atoms with Crippen LogP contribution in [0.4, 0.5) is 10.5 Å². The Morgan fingerprint density at radius 3 is 2.46 bits per heavy atom. The lowest BCUT2D eigenvalue weighted by atomic mass is 9.78. The molecule has 0 aliphatic carbocycles. The second kappa shape index (κ2) is 19.3. The summed E-state index contributed by atoms with van der Waals surface area (Å²) in [4.78, 5) is 46.2. The summed E-state index contributed by atoms with van der Waals surface area (Å²) in [6, 6.07) is 6.05. The summed E-state index contributed by atoms with van der Waals surface area (Å²) in [5.74, 6) is -3.33. The molecule has 1 aromatic carbocycles. The number of hydrogen-bond acceptors (Lipinski definition) is 15. The average Bonchev–Trinajstić information content (AvgIpc) is 3.78. The number of anilines is 1. The largest absolute Gasteiger partial charge is 0.458 e. The van der Waals surface area contributed by atoms with E-state index >= 15 is 0 Å². The van der Waals surface area contributed by atoms with Crippen molar-refractivity contribution in [2.75, 3.05) is 39.5 Å². The van der Waals surface area contributed by atoms with E-state index in [2.05, 4.69) is 29.1 Å². The third kappa shape index (κ3) is 10.1. The second-order valence-corrected chi connectivity index (χ2v) is 17.5. The van der Waals surface area contributed by atoms with E-state index < -0.39 is 83.7 Å². The number of unbranched alkanes of at least 4 members (excludes halogenated alkanes) is 1. The van der Waals surface area contributed by atoms with E-state index in [4.69, 9.17) is 40.9 Å². The molecule has 3 aliphatic heterocycles. The number of fused-ring (bicyclic) bond motifs is 1. The first kappa shape index (κ1) is 46.4. The Morgan fingerprint density at radius 1 is 1.08 bits per heavy atom. The molecule has 330 valence electrons. The first-order valence-electron chi connectivity index (χ1n) is 21.1. The Morgan fingerprint density at radius 2 is 1.80 bits per heavy atom. The lowest BCUT2D eigenvalue weighted by Gasteiger charge is -2.46. The normalized spacial score (nSPS) is 36.7. The van der Waals surface area contributed by atoms with Crippen LogP contribution in [0, 0.1) is 17.8 Å². The van der Waals surface area contributed by atoms with Gasteiger partial charge in [-0.2, -0.15) is 0 Å². The van der Waals surface area contributed by atoms with E-state index in [1.54, 1.807) is 23.6 Å². The third-order valence-electron chi connectivity index (χ3n) is 12.9. The number of amides is 1. The Kier molecular flexibility index (Phi) is 15.2. The molecular weight excluding hydrogens is 761 g/mol. The van der Waals surface area contributed by atoms with Gasteiger partial charge in [-0.25, -0.2) is 4.79 Å². The minimum atomic E-state index is -1.25. The first-order chi connectivity index (χ1) is 27.9. The molecule has 7 N–H and O–H groups in total. The summed E-state index contributed by atoms with van der Waals surface area (Å²) in [6.45, 7) is 14.6. The number of methoxy groups -OCH3 is 1. The number of likely N-dealkylation sites (N-methyl/N-ethyl adjacent to an activating group) is 1. The highest BCUT2D eigenvalue weighted by atomic mass is 16.7. The van der Waals surface area contributed by atoms with Gasteiger partial charge < -0.3 is 50.9 Å². The van der Waals surface area contributed by atoms with Crippen LogP contribution in [0.5, 0.6) is 0 Å². The topological polar surface area (TPSA) is 233 Å². The maximum absolute atomic E-state index is 14.3. The fourth-order valence-electron chi connectivity index (χ4n) is 9.40. The molecule has 3 aliphatic rings. The number of aliphatic hydroxyl groups is 1. The fraction of sp³-hybridized carbons (Fsp3) is 0.738. The summed E-state index contributed by atoms with van der Waals surface area (Å²) in [7, 11) is 3.56. The summed E-state index contributed by atoms with van der Waals surface area (Å²) in [6.07, 6.45) is -0.800. The van der Waals surface area contributed by atoms with Crippen LogP contribution in [-0.2, 0) is 39.8 Å². The number of nitrogens with zero attached hydrogens (tertiary/aromatic N) is 5. The molecule has 1 aromatic heterocycles. The number of cyclic esters (lactones) is 1. The van der Waals surface area contributed by atoms with Crippen molar-refractivity contribution in [3.05, 3.63) is 30.5 Å². The number of ketones is 1. The maximum Gasteiger partial charge on any atom is 0.410 e. The molecule has 3 saturated heterocycles. The highest BCUT2D eigenvalue weighted by molar-refractivity contribution is 6.00. The van der Waals surface area contributed by atoms with Gasteiger partial charge in [-0.05, 0) is 84.9 Å². The molecule has 59 heavy (non-hydrogen) atoms. The molecule has 17 heteroatoms. The van der Waals surface area contributed by atoms with Gasteiger partial charge in [-0.3, -0.25) is 19.2 Å². The number of nitrogens with two attached hydrogens (primary N) is 3. The molecule has 1 amide bonds. The van der Waals surface area contributed by atoms with Crippen molar-refractivity contribution >= 4 is 23.5 Å². The number of esters is 1. The molecule has 0 radical (unpaired) electrons. The number of carbonyl (C=O) groups excluding carboxylic acids is 3. The fourth-order valence-corrected chi connectivity index (χ4v) is 9.40. The van der Waals surface area contributed by atoms with Gasteiger partial charge in [-0.1, -0.05) is 38.1 Å². The summed E-state index contributed by atoms with van der Waals surface area (Å²) in [5.41, 5.74) is 18.1. The number of benzene rings is 1. The summed E-state index contributed by atoms with van der Waals surface area (Å²) < 4.78 is 33.1. The molecule has 2 aromatic rings. The van der Waals surface area contributed by atoms with Crippen LogP contribution in [0.25, 0.3) is 11.3 Å². The lowest BCUT2D eigenvalue weighted by molar-refractivity contribution is -0.289. The van der Waals surface area contributed by atoms with Crippen molar-refractivity contribution in [2.45, 2.75) is 147 Å². The zero-order valence-corrected chi connectivity index (χ0v) is 36.3. The number of ether oxygens (including phenoxy) is 5. The van der Waals surface area contributed by atoms with Crippen molar-refractivity contribution in [2.24, 2.45) is 29.2 Å². The molecule has 4 heterocycles. The zero-order valence-electron chi connectivity index (χ0n) is 36.3. The molecule has 17 nitrogen and oxygen atoms in total. The van der Waals surface area contributed by atoms with E-state index in [0.29, 0.717) is 57.4 Å². The van der Waals surface area contributed by atoms with Gasteiger partial charge in [0, 0.05) is 62.5 Å². The highest BCUT2D eigenvalue weighted by Crippen LogP contribution is 2.41. The lowest BCUT2D eigenvalue weighted by Crippen LogP contribution is -2.61. The maximum atomic E-state index is 14.3. The Balaban J connectivity index is 1.40. The van der Waals surface area contributed by atoms with Gasteiger partial charge in [0.25, 0.3) is 0 Å². The van der Waals surface area contributed by atoms with Crippen molar-refractivity contribution in [3.63, 3.8) is 0 Å². The van der Waals surface area contributed by atoms with Crippen LogP contribution in [0.1, 0.15) is 80.6 Å². The first-order valence-corrected chi connectivity index (χ1v) is 21.1. The zero-order chi connectivity index (χ0) is 43.4. The van der Waals surface area contributed by atoms with E-state index in [1.807, 2.05) is 58.3 Å². The minimum Gasteiger partial charge on any atom is -0.458 e. The Bertz CT molecular complexity index is 1750. The molecule has 0 saturated carbocycles. The molecule has 0 bridgehead atoms. The van der Waals surface area contributed by atoms with Crippen LogP contribution < -0.4 is 17.2 Å². The quantitative estimate of drug-likeness (QED) is 0.110. The number of aliphatic hydroxyl groups excluding tert-OH is 1. The van der Waals surface area contributed by atoms with E-state index in [1.165, 1.54) is 6.92 Å². The van der Waals surface area contributed by atoms with Crippen molar-refractivity contribution in [3.8, 4) is 11.3 Å². The van der Waals surface area contributed by atoms with Crippen LogP contribution in [-0.4, -0.2) is 142 Å². The van der Waals surface area contributed by atoms with Gasteiger partial charge in [0.05, 0.1) is 30.0 Å². The molecule has 5 rings (SSSR count). The van der Waals surface area contributed by atoms with Gasteiger partial charge >= 0.3 is 12.1 Å². The monoisotopic (exact) mass is 829 g/mol. The molecule has 13 atom stereocenters. The van der Waals surface area contributed by atoms with Gasteiger partial charge in [0.2, 0.25) is 0 Å². The Labute approximate surface area is 348 Å². The van der Waals surface area contributed by atoms with E-state index in [9.17, 15) is 19.5 Å². The van der Waals surface area contributed by atoms with Crippen molar-refractivity contribution in [1.82, 2.24) is 24.8 Å². The summed E-state index contributed by atoms with van der Waals surface area (Å²) in [5, 5.41) is 19.7. The number of aryl methyl sites for hydroxylation is 1.